The molecule has 5 heteroatoms. The Labute approximate surface area is 111 Å². The van der Waals surface area contributed by atoms with Gasteiger partial charge in [-0.05, 0) is 30.4 Å². The molecule has 0 unspecified atom stereocenters. The zero-order valence-electron chi connectivity index (χ0n) is 10.3. The fraction of sp³-hybridized carbons (Fsp3) is 0.385. The predicted molar refractivity (Wildman–Crippen MR) is 72.9 cm³/mol. The molecule has 18 heavy (non-hydrogen) atoms. The van der Waals surface area contributed by atoms with Crippen molar-refractivity contribution in [1.29, 1.82) is 0 Å². The summed E-state index contributed by atoms with van der Waals surface area (Å²) in [6, 6.07) is 7.45. The molecule has 0 fully saturated rings. The van der Waals surface area contributed by atoms with Crippen LogP contribution in [0, 0.1) is 0 Å². The van der Waals surface area contributed by atoms with Crippen molar-refractivity contribution < 1.29 is 14.7 Å². The Balaban J connectivity index is 2.39. The fourth-order valence-corrected chi connectivity index (χ4v) is 1.99. The molecular weight excluding hydrogens is 250 g/mol. The molecule has 0 spiro atoms. The van der Waals surface area contributed by atoms with Crippen LogP contribution >= 0.6 is 11.8 Å². The van der Waals surface area contributed by atoms with Crippen LogP contribution in [0.1, 0.15) is 28.8 Å². The number of hydrogen-bond acceptors (Lipinski definition) is 3. The minimum Gasteiger partial charge on any atom is -0.481 e. The zero-order valence-corrected chi connectivity index (χ0v) is 11.1. The Hall–Kier alpha value is -1.49. The van der Waals surface area contributed by atoms with E-state index in [4.69, 9.17) is 5.11 Å². The van der Waals surface area contributed by atoms with Crippen molar-refractivity contribution in [2.75, 3.05) is 12.8 Å². The molecule has 0 aliphatic carbocycles. The van der Waals surface area contributed by atoms with Crippen LogP contribution in [0.4, 0.5) is 0 Å². The maximum atomic E-state index is 11.7. The van der Waals surface area contributed by atoms with Crippen LogP contribution < -0.4 is 5.32 Å². The third-order valence-corrected chi connectivity index (χ3v) is 3.00. The average molecular weight is 267 g/mol. The maximum absolute atomic E-state index is 11.7. The highest BCUT2D eigenvalue weighted by Gasteiger charge is 2.05. The Morgan fingerprint density at radius 3 is 2.50 bits per heavy atom. The number of carbonyl (C=O) groups is 2. The maximum Gasteiger partial charge on any atom is 0.303 e. The summed E-state index contributed by atoms with van der Waals surface area (Å²) in [5.41, 5.74) is 1.79. The number of carboxylic acid groups (broad SMARTS) is 1. The van der Waals surface area contributed by atoms with Gasteiger partial charge in [-0.3, -0.25) is 9.59 Å². The summed E-state index contributed by atoms with van der Waals surface area (Å²) in [6.07, 6.45) is 2.56. The van der Waals surface area contributed by atoms with E-state index in [2.05, 4.69) is 5.32 Å². The molecule has 4 nitrogen and oxygen atoms in total. The first-order chi connectivity index (χ1) is 8.63. The quantitative estimate of drug-likeness (QED) is 0.743. The molecule has 0 aromatic heterocycles. The molecule has 2 N–H and O–H groups in total. The van der Waals surface area contributed by atoms with Gasteiger partial charge in [-0.1, -0.05) is 12.1 Å². The molecule has 0 aliphatic rings. The van der Waals surface area contributed by atoms with E-state index in [-0.39, 0.29) is 12.3 Å². The first-order valence-corrected chi connectivity index (χ1v) is 7.10. The highest BCUT2D eigenvalue weighted by Crippen LogP contribution is 2.10. The van der Waals surface area contributed by atoms with Gasteiger partial charge in [-0.15, -0.1) is 0 Å². The summed E-state index contributed by atoms with van der Waals surface area (Å²) in [7, 11) is 0. The molecule has 1 rings (SSSR count). The van der Waals surface area contributed by atoms with Gasteiger partial charge in [-0.2, -0.15) is 11.8 Å². The van der Waals surface area contributed by atoms with Crippen molar-refractivity contribution in [3.63, 3.8) is 0 Å². The number of nitrogens with one attached hydrogen (secondary N) is 1. The van der Waals surface area contributed by atoms with Crippen LogP contribution in [0.15, 0.2) is 24.3 Å². The minimum atomic E-state index is -0.842. The smallest absolute Gasteiger partial charge is 0.303 e. The largest absolute Gasteiger partial charge is 0.481 e. The lowest BCUT2D eigenvalue weighted by Gasteiger charge is -2.05. The third kappa shape index (κ3) is 5.23. The Morgan fingerprint density at radius 1 is 1.28 bits per heavy atom. The van der Waals surface area contributed by atoms with Gasteiger partial charge in [-0.25, -0.2) is 0 Å². The number of carbonyl (C=O) groups excluding carboxylic acids is 1. The van der Waals surface area contributed by atoms with E-state index >= 15 is 0 Å². The Kier molecular flexibility index (Phi) is 6.28. The number of amides is 1. The van der Waals surface area contributed by atoms with Crippen molar-refractivity contribution >= 4 is 23.6 Å². The number of benzene rings is 1. The van der Waals surface area contributed by atoms with E-state index < -0.39 is 5.97 Å². The molecule has 0 heterocycles. The summed E-state index contributed by atoms with van der Waals surface area (Å²) < 4.78 is 0. The van der Waals surface area contributed by atoms with Crippen molar-refractivity contribution in [3.8, 4) is 0 Å². The summed E-state index contributed by atoms with van der Waals surface area (Å²) in [6.45, 7) is 0.387. The average Bonchev–Trinajstić information content (AvgIpc) is 2.35. The summed E-state index contributed by atoms with van der Waals surface area (Å²) >= 11 is 1.73. The molecule has 0 aliphatic heterocycles. The predicted octanol–water partition coefficient (Wildman–Crippen LogP) is 2.14. The molecule has 0 radical (unpaired) electrons. The van der Waals surface area contributed by atoms with E-state index in [9.17, 15) is 9.59 Å². The van der Waals surface area contributed by atoms with Gasteiger partial charge >= 0.3 is 5.97 Å². The zero-order chi connectivity index (χ0) is 13.4. The lowest BCUT2D eigenvalue weighted by molar-refractivity contribution is -0.137. The molecule has 98 valence electrons. The number of hydrogen-bond donors (Lipinski definition) is 2. The molecule has 0 saturated carbocycles. The summed E-state index contributed by atoms with van der Waals surface area (Å²) in [5, 5.41) is 11.2. The third-order valence-electron chi connectivity index (χ3n) is 2.38. The molecule has 1 aromatic carbocycles. The highest BCUT2D eigenvalue weighted by molar-refractivity contribution is 7.97. The van der Waals surface area contributed by atoms with Crippen LogP contribution in [0.2, 0.25) is 0 Å². The van der Waals surface area contributed by atoms with E-state index in [1.807, 2.05) is 18.4 Å². The Morgan fingerprint density at radius 2 is 1.94 bits per heavy atom. The van der Waals surface area contributed by atoms with Crippen LogP contribution in [0.25, 0.3) is 0 Å². The number of thioether (sulfide) groups is 1. The van der Waals surface area contributed by atoms with Gasteiger partial charge in [0.1, 0.15) is 0 Å². The number of rotatable bonds is 7. The molecule has 0 saturated heterocycles. The molecular formula is C13H17NO3S. The van der Waals surface area contributed by atoms with Crippen LogP contribution in [-0.4, -0.2) is 29.8 Å². The van der Waals surface area contributed by atoms with Crippen molar-refractivity contribution in [2.45, 2.75) is 18.6 Å². The lowest BCUT2D eigenvalue weighted by atomic mass is 10.1. The van der Waals surface area contributed by atoms with Crippen LogP contribution in [-0.2, 0) is 10.5 Å². The van der Waals surface area contributed by atoms with E-state index in [0.717, 1.165) is 5.75 Å². The second-order valence-corrected chi connectivity index (χ2v) is 4.75. The van der Waals surface area contributed by atoms with Gasteiger partial charge in [0.05, 0.1) is 0 Å². The van der Waals surface area contributed by atoms with Crippen molar-refractivity contribution in [2.24, 2.45) is 0 Å². The fourth-order valence-electron chi connectivity index (χ4n) is 1.46. The first-order valence-electron chi connectivity index (χ1n) is 5.71. The lowest BCUT2D eigenvalue weighted by Crippen LogP contribution is -2.24. The van der Waals surface area contributed by atoms with Gasteiger partial charge in [0.25, 0.3) is 5.91 Å². The van der Waals surface area contributed by atoms with Crippen LogP contribution in [0.5, 0.6) is 0 Å². The molecule has 1 amide bonds. The Bertz CT molecular complexity index is 403. The summed E-state index contributed by atoms with van der Waals surface area (Å²) in [5.74, 6) is -0.0673. The summed E-state index contributed by atoms with van der Waals surface area (Å²) in [4.78, 5) is 22.0. The highest BCUT2D eigenvalue weighted by atomic mass is 32.2. The van der Waals surface area contributed by atoms with Gasteiger partial charge in [0.2, 0.25) is 0 Å². The topological polar surface area (TPSA) is 66.4 Å². The van der Waals surface area contributed by atoms with E-state index in [1.165, 1.54) is 5.56 Å². The molecule has 0 bridgehead atoms. The van der Waals surface area contributed by atoms with E-state index in [1.54, 1.807) is 23.9 Å². The number of aliphatic carboxylic acids is 1. The SMILES string of the molecule is CSCc1ccc(C(=O)NCCCC(=O)O)cc1. The normalized spacial score (nSPS) is 10.1. The molecule has 1 aromatic rings. The number of carboxylic acids is 1. The standard InChI is InChI=1S/C13H17NO3S/c1-18-9-10-4-6-11(7-5-10)13(17)14-8-2-3-12(15)16/h4-7H,2-3,8-9H2,1H3,(H,14,17)(H,15,16). The van der Waals surface area contributed by atoms with Crippen molar-refractivity contribution in [3.05, 3.63) is 35.4 Å². The van der Waals surface area contributed by atoms with Gasteiger partial charge in [0, 0.05) is 24.3 Å². The first kappa shape index (κ1) is 14.6. The van der Waals surface area contributed by atoms with E-state index in [0.29, 0.717) is 18.5 Å². The van der Waals surface area contributed by atoms with Crippen molar-refractivity contribution in [1.82, 2.24) is 5.32 Å². The monoisotopic (exact) mass is 267 g/mol. The molecule has 0 atom stereocenters. The van der Waals surface area contributed by atoms with Crippen LogP contribution in [0.3, 0.4) is 0 Å². The minimum absolute atomic E-state index is 0.0763. The van der Waals surface area contributed by atoms with Gasteiger partial charge < -0.3 is 10.4 Å². The second kappa shape index (κ2) is 7.76. The van der Waals surface area contributed by atoms with Gasteiger partial charge in [0.15, 0.2) is 0 Å². The second-order valence-electron chi connectivity index (χ2n) is 3.88.